The first-order valence-electron chi connectivity index (χ1n) is 8.16. The summed E-state index contributed by atoms with van der Waals surface area (Å²) < 4.78 is 1.63. The molecule has 128 valence electrons. The third-order valence-electron chi connectivity index (χ3n) is 4.26. The van der Waals surface area contributed by atoms with Crippen LogP contribution < -0.4 is 10.6 Å². The van der Waals surface area contributed by atoms with Crippen molar-refractivity contribution in [3.8, 4) is 0 Å². The molecular formula is C16H23N7O. The van der Waals surface area contributed by atoms with Gasteiger partial charge in [-0.3, -0.25) is 19.9 Å². The number of piperidine rings is 1. The van der Waals surface area contributed by atoms with Crippen LogP contribution in [0.3, 0.4) is 0 Å². The Morgan fingerprint density at radius 3 is 2.79 bits per heavy atom. The molecule has 8 heteroatoms. The van der Waals surface area contributed by atoms with Gasteiger partial charge in [0.1, 0.15) is 5.82 Å². The van der Waals surface area contributed by atoms with Gasteiger partial charge in [0, 0.05) is 45.1 Å². The zero-order valence-corrected chi connectivity index (χ0v) is 14.1. The summed E-state index contributed by atoms with van der Waals surface area (Å²) in [5.41, 5.74) is 1.22. The monoisotopic (exact) mass is 329 g/mol. The number of nitrogens with zero attached hydrogens (tertiary/aromatic N) is 5. The second-order valence-electron chi connectivity index (χ2n) is 6.12. The highest BCUT2D eigenvalue weighted by Gasteiger charge is 2.21. The van der Waals surface area contributed by atoms with Crippen molar-refractivity contribution >= 4 is 12.0 Å². The molecule has 2 N–H and O–H groups in total. The largest absolute Gasteiger partial charge is 0.335 e. The Labute approximate surface area is 141 Å². The minimum atomic E-state index is -0.244. The van der Waals surface area contributed by atoms with E-state index in [1.807, 2.05) is 19.2 Å². The summed E-state index contributed by atoms with van der Waals surface area (Å²) in [6.07, 6.45) is 5.56. The highest BCUT2D eigenvalue weighted by Crippen LogP contribution is 2.13. The van der Waals surface area contributed by atoms with Crippen LogP contribution in [0.25, 0.3) is 0 Å². The fourth-order valence-corrected chi connectivity index (χ4v) is 2.82. The van der Waals surface area contributed by atoms with Gasteiger partial charge in [-0.05, 0) is 31.4 Å². The molecule has 0 unspecified atom stereocenters. The van der Waals surface area contributed by atoms with E-state index < -0.39 is 0 Å². The lowest BCUT2D eigenvalue weighted by Gasteiger charge is -2.32. The molecule has 3 rings (SSSR count). The van der Waals surface area contributed by atoms with Crippen LogP contribution >= 0.6 is 0 Å². The Kier molecular flexibility index (Phi) is 5.05. The molecule has 0 bridgehead atoms. The van der Waals surface area contributed by atoms with Crippen molar-refractivity contribution in [2.75, 3.05) is 18.4 Å². The quantitative estimate of drug-likeness (QED) is 0.883. The fraction of sp³-hybridized carbons (Fsp3) is 0.500. The van der Waals surface area contributed by atoms with Gasteiger partial charge in [-0.25, -0.2) is 4.79 Å². The lowest BCUT2D eigenvalue weighted by molar-refractivity contribution is 0.189. The van der Waals surface area contributed by atoms with E-state index >= 15 is 0 Å². The van der Waals surface area contributed by atoms with Gasteiger partial charge in [-0.2, -0.15) is 4.98 Å². The van der Waals surface area contributed by atoms with E-state index in [4.69, 9.17) is 0 Å². The normalized spacial score (nSPS) is 16.1. The predicted molar refractivity (Wildman–Crippen MR) is 90.4 cm³/mol. The number of pyridine rings is 1. The molecule has 0 atom stereocenters. The molecular weight excluding hydrogens is 306 g/mol. The maximum Gasteiger partial charge on any atom is 0.321 e. The lowest BCUT2D eigenvalue weighted by atomic mass is 10.0. The third-order valence-corrected chi connectivity index (χ3v) is 4.26. The lowest BCUT2D eigenvalue weighted by Crippen LogP contribution is -2.45. The molecule has 0 aliphatic carbocycles. The molecule has 0 saturated carbocycles. The van der Waals surface area contributed by atoms with Crippen molar-refractivity contribution in [3.05, 3.63) is 35.9 Å². The molecule has 1 fully saturated rings. The molecule has 1 saturated heterocycles. The summed E-state index contributed by atoms with van der Waals surface area (Å²) in [4.78, 5) is 22.7. The Balaban J connectivity index is 1.42. The number of aromatic nitrogens is 4. The van der Waals surface area contributed by atoms with E-state index in [1.165, 1.54) is 5.56 Å². The van der Waals surface area contributed by atoms with E-state index in [0.717, 1.165) is 38.3 Å². The number of carbonyl (C=O) groups excluding carboxylic acids is 1. The van der Waals surface area contributed by atoms with Crippen LogP contribution in [-0.2, 0) is 13.6 Å². The second-order valence-corrected chi connectivity index (χ2v) is 6.12. The van der Waals surface area contributed by atoms with Gasteiger partial charge in [0.05, 0.1) is 0 Å². The van der Waals surface area contributed by atoms with E-state index in [2.05, 4.69) is 36.7 Å². The van der Waals surface area contributed by atoms with Crippen LogP contribution in [0.5, 0.6) is 0 Å². The number of amides is 2. The van der Waals surface area contributed by atoms with Crippen molar-refractivity contribution < 1.29 is 4.79 Å². The number of nitrogens with one attached hydrogen (secondary N) is 2. The zero-order chi connectivity index (χ0) is 16.9. The molecule has 8 nitrogen and oxygen atoms in total. The van der Waals surface area contributed by atoms with Crippen molar-refractivity contribution in [3.63, 3.8) is 0 Å². The molecule has 2 amide bonds. The number of rotatable bonds is 4. The zero-order valence-electron chi connectivity index (χ0n) is 14.1. The second kappa shape index (κ2) is 7.39. The number of hydrogen-bond acceptors (Lipinski definition) is 5. The van der Waals surface area contributed by atoms with Crippen molar-refractivity contribution in [1.29, 1.82) is 0 Å². The first kappa shape index (κ1) is 16.4. The standard InChI is InChI=1S/C16H23N7O/c1-12-18-15(21-22(12)2)20-16(24)19-14-5-8-23(9-6-14)11-13-4-3-7-17-10-13/h3-4,7,10,14H,5-6,8-9,11H2,1-2H3,(H2,19,20,21,24). The summed E-state index contributed by atoms with van der Waals surface area (Å²) in [7, 11) is 1.80. The number of aryl methyl sites for hydroxylation is 2. The van der Waals surface area contributed by atoms with Gasteiger partial charge in [0.15, 0.2) is 0 Å². The topological polar surface area (TPSA) is 88.0 Å². The van der Waals surface area contributed by atoms with Crippen molar-refractivity contribution in [1.82, 2.24) is 30.0 Å². The van der Waals surface area contributed by atoms with Crippen LogP contribution in [0.15, 0.2) is 24.5 Å². The molecule has 0 radical (unpaired) electrons. The molecule has 0 spiro atoms. The summed E-state index contributed by atoms with van der Waals surface area (Å²) in [5, 5.41) is 9.81. The summed E-state index contributed by atoms with van der Waals surface area (Å²) in [6.45, 7) is 4.67. The number of hydrogen-bond donors (Lipinski definition) is 2. The number of urea groups is 1. The Bertz CT molecular complexity index is 657. The van der Waals surface area contributed by atoms with Gasteiger partial charge in [0.2, 0.25) is 5.95 Å². The van der Waals surface area contributed by atoms with Crippen LogP contribution in [0.4, 0.5) is 10.7 Å². The minimum Gasteiger partial charge on any atom is -0.335 e. The highest BCUT2D eigenvalue weighted by atomic mass is 16.2. The first-order valence-corrected chi connectivity index (χ1v) is 8.16. The smallest absolute Gasteiger partial charge is 0.321 e. The Hall–Kier alpha value is -2.48. The van der Waals surface area contributed by atoms with Crippen molar-refractivity contribution in [2.45, 2.75) is 32.4 Å². The van der Waals surface area contributed by atoms with Crippen LogP contribution in [0.1, 0.15) is 24.2 Å². The first-order chi connectivity index (χ1) is 11.6. The summed E-state index contributed by atoms with van der Waals surface area (Å²) in [5.74, 6) is 1.09. The fourth-order valence-electron chi connectivity index (χ4n) is 2.82. The van der Waals surface area contributed by atoms with Crippen LogP contribution in [0, 0.1) is 6.92 Å². The van der Waals surface area contributed by atoms with E-state index in [9.17, 15) is 4.79 Å². The van der Waals surface area contributed by atoms with Gasteiger partial charge in [-0.1, -0.05) is 6.07 Å². The van der Waals surface area contributed by atoms with Gasteiger partial charge < -0.3 is 5.32 Å². The molecule has 2 aromatic heterocycles. The molecule has 1 aliphatic rings. The predicted octanol–water partition coefficient (Wildman–Crippen LogP) is 1.30. The summed E-state index contributed by atoms with van der Waals surface area (Å²) in [6, 6.07) is 3.99. The average Bonchev–Trinajstić information content (AvgIpc) is 2.88. The molecule has 2 aromatic rings. The van der Waals surface area contributed by atoms with Gasteiger partial charge >= 0.3 is 6.03 Å². The maximum atomic E-state index is 12.0. The van der Waals surface area contributed by atoms with E-state index in [-0.39, 0.29) is 12.1 Å². The Morgan fingerprint density at radius 1 is 1.38 bits per heavy atom. The highest BCUT2D eigenvalue weighted by molar-refractivity contribution is 5.87. The number of likely N-dealkylation sites (tertiary alicyclic amines) is 1. The van der Waals surface area contributed by atoms with Gasteiger partial charge in [-0.15, -0.1) is 5.10 Å². The molecule has 3 heterocycles. The number of anilines is 1. The van der Waals surface area contributed by atoms with Crippen LogP contribution in [-0.4, -0.2) is 49.8 Å². The minimum absolute atomic E-state index is 0.181. The number of carbonyl (C=O) groups is 1. The van der Waals surface area contributed by atoms with Crippen molar-refractivity contribution in [2.24, 2.45) is 7.05 Å². The molecule has 0 aromatic carbocycles. The maximum absolute atomic E-state index is 12.0. The van der Waals surface area contributed by atoms with E-state index in [1.54, 1.807) is 17.9 Å². The molecule has 1 aliphatic heterocycles. The Morgan fingerprint density at radius 2 is 2.17 bits per heavy atom. The average molecular weight is 329 g/mol. The van der Waals surface area contributed by atoms with Crippen LogP contribution in [0.2, 0.25) is 0 Å². The molecule has 24 heavy (non-hydrogen) atoms. The van der Waals surface area contributed by atoms with E-state index in [0.29, 0.717) is 5.95 Å². The summed E-state index contributed by atoms with van der Waals surface area (Å²) >= 11 is 0. The SMILES string of the molecule is Cc1nc(NC(=O)NC2CCN(Cc3cccnc3)CC2)nn1C. The van der Waals surface area contributed by atoms with Gasteiger partial charge in [0.25, 0.3) is 0 Å². The third kappa shape index (κ3) is 4.29.